The number of carbonyl (C=O) groups is 2. The molecule has 2 atom stereocenters. The van der Waals surface area contributed by atoms with E-state index < -0.39 is 17.5 Å². The fourth-order valence-electron chi connectivity index (χ4n) is 3.41. The number of hydrogen-bond donors (Lipinski definition) is 1. The van der Waals surface area contributed by atoms with Crippen LogP contribution in [0.1, 0.15) is 24.2 Å². The molecule has 0 saturated carbocycles. The number of allylic oxidation sites excluding steroid dienone is 2. The first-order chi connectivity index (χ1) is 12.1. The van der Waals surface area contributed by atoms with Gasteiger partial charge in [-0.1, -0.05) is 35.9 Å². The molecule has 1 saturated heterocycles. The normalized spacial score (nSPS) is 22.5. The van der Waals surface area contributed by atoms with Crippen LogP contribution in [-0.2, 0) is 16.0 Å². The lowest BCUT2D eigenvalue weighted by Crippen LogP contribution is -2.47. The van der Waals surface area contributed by atoms with Crippen molar-refractivity contribution in [1.82, 2.24) is 14.9 Å². The van der Waals surface area contributed by atoms with E-state index in [2.05, 4.69) is 10.2 Å². The number of carbonyl (C=O) groups excluding carboxylic acids is 2. The molecule has 7 nitrogen and oxygen atoms in total. The molecule has 1 aliphatic heterocycles. The number of H-pyrrole nitrogens is 1. The highest BCUT2D eigenvalue weighted by Gasteiger charge is 2.49. The molecule has 128 valence electrons. The van der Waals surface area contributed by atoms with Crippen LogP contribution in [0, 0.1) is 11.8 Å². The third kappa shape index (κ3) is 2.60. The van der Waals surface area contributed by atoms with Crippen molar-refractivity contribution in [2.75, 3.05) is 5.01 Å². The monoisotopic (exact) mass is 358 g/mol. The molecule has 0 spiro atoms. The Labute approximate surface area is 147 Å². The van der Waals surface area contributed by atoms with Crippen molar-refractivity contribution in [3.8, 4) is 0 Å². The lowest BCUT2D eigenvalue weighted by molar-refractivity contribution is -0.125. The Kier molecular flexibility index (Phi) is 3.80. The summed E-state index contributed by atoms with van der Waals surface area (Å²) in [6, 6.07) is 7.09. The first-order valence-corrected chi connectivity index (χ1v) is 8.38. The Hall–Kier alpha value is -2.67. The number of hydrogen-bond acceptors (Lipinski definition) is 4. The zero-order valence-electron chi connectivity index (χ0n) is 13.2. The van der Waals surface area contributed by atoms with Gasteiger partial charge in [-0.3, -0.25) is 9.59 Å². The summed E-state index contributed by atoms with van der Waals surface area (Å²) in [7, 11) is 0. The molecule has 25 heavy (non-hydrogen) atoms. The molecule has 1 aliphatic carbocycles. The average Bonchev–Trinajstić information content (AvgIpc) is 3.08. The first-order valence-electron chi connectivity index (χ1n) is 8.00. The zero-order chi connectivity index (χ0) is 17.6. The van der Waals surface area contributed by atoms with Gasteiger partial charge in [-0.05, 0) is 30.5 Å². The topological polar surface area (TPSA) is 88.1 Å². The number of benzene rings is 1. The van der Waals surface area contributed by atoms with Crippen LogP contribution in [0.25, 0.3) is 0 Å². The van der Waals surface area contributed by atoms with E-state index in [0.717, 1.165) is 15.2 Å². The van der Waals surface area contributed by atoms with Gasteiger partial charge in [0.25, 0.3) is 11.8 Å². The smallest absolute Gasteiger partial charge is 0.272 e. The van der Waals surface area contributed by atoms with E-state index in [-0.39, 0.29) is 11.8 Å². The lowest BCUT2D eigenvalue weighted by Gasteiger charge is -2.16. The molecule has 1 aromatic heterocycles. The van der Waals surface area contributed by atoms with Crippen molar-refractivity contribution in [2.45, 2.75) is 19.3 Å². The van der Waals surface area contributed by atoms with Gasteiger partial charge in [0.2, 0.25) is 0 Å². The molecule has 2 amide bonds. The number of imide groups is 1. The largest absolute Gasteiger partial charge is 0.363 e. The minimum absolute atomic E-state index is 0.292. The van der Waals surface area contributed by atoms with Crippen LogP contribution >= 0.6 is 11.6 Å². The molecule has 2 aliphatic rings. The van der Waals surface area contributed by atoms with Gasteiger partial charge in [0.15, 0.2) is 5.82 Å². The molecule has 2 unspecified atom stereocenters. The van der Waals surface area contributed by atoms with Crippen LogP contribution in [0.3, 0.4) is 0 Å². The third-order valence-electron chi connectivity index (χ3n) is 4.68. The number of nitrogens with zero attached hydrogens (tertiary/aromatic N) is 3. The van der Waals surface area contributed by atoms with Crippen molar-refractivity contribution in [1.29, 1.82) is 0 Å². The maximum atomic E-state index is 12.7. The lowest BCUT2D eigenvalue weighted by atomic mass is 9.85. The Morgan fingerprint density at radius 1 is 1.04 bits per heavy atom. The van der Waals surface area contributed by atoms with Gasteiger partial charge in [-0.2, -0.15) is 14.8 Å². The Morgan fingerprint density at radius 2 is 1.64 bits per heavy atom. The van der Waals surface area contributed by atoms with Gasteiger partial charge < -0.3 is 0 Å². The van der Waals surface area contributed by atoms with Gasteiger partial charge in [-0.25, -0.2) is 9.89 Å². The maximum absolute atomic E-state index is 12.7. The van der Waals surface area contributed by atoms with Gasteiger partial charge >= 0.3 is 5.69 Å². The summed E-state index contributed by atoms with van der Waals surface area (Å²) < 4.78 is 1.07. The number of aromatic nitrogens is 3. The van der Waals surface area contributed by atoms with Gasteiger partial charge in [0.05, 0.1) is 11.8 Å². The number of nitrogens with one attached hydrogen (secondary N) is 1. The van der Waals surface area contributed by atoms with Gasteiger partial charge in [-0.15, -0.1) is 0 Å². The second-order valence-electron chi connectivity index (χ2n) is 6.20. The molecule has 0 radical (unpaired) electrons. The highest BCUT2D eigenvalue weighted by molar-refractivity contribution is 6.30. The Bertz CT molecular complexity index is 902. The van der Waals surface area contributed by atoms with Crippen LogP contribution in [-0.4, -0.2) is 26.7 Å². The van der Waals surface area contributed by atoms with E-state index in [1.54, 1.807) is 12.1 Å². The van der Waals surface area contributed by atoms with Crippen molar-refractivity contribution < 1.29 is 9.59 Å². The first kappa shape index (κ1) is 15.8. The second-order valence-corrected chi connectivity index (χ2v) is 6.64. The van der Waals surface area contributed by atoms with Crippen molar-refractivity contribution in [2.24, 2.45) is 11.8 Å². The Morgan fingerprint density at radius 3 is 2.24 bits per heavy atom. The molecule has 8 heteroatoms. The molecule has 0 bridgehead atoms. The summed E-state index contributed by atoms with van der Waals surface area (Å²) in [4.78, 5) is 37.6. The molecule has 1 N–H and O–H groups in total. The van der Waals surface area contributed by atoms with E-state index in [4.69, 9.17) is 11.6 Å². The number of fused-ring (bicyclic) bond motifs is 1. The summed E-state index contributed by atoms with van der Waals surface area (Å²) in [6.07, 6.45) is 5.14. The summed E-state index contributed by atoms with van der Waals surface area (Å²) >= 11 is 5.88. The Balaban J connectivity index is 1.70. The van der Waals surface area contributed by atoms with E-state index in [1.165, 1.54) is 0 Å². The maximum Gasteiger partial charge on any atom is 0.363 e. The molecular weight excluding hydrogens is 344 g/mol. The predicted octanol–water partition coefficient (Wildman–Crippen LogP) is 1.40. The highest BCUT2D eigenvalue weighted by Crippen LogP contribution is 2.34. The van der Waals surface area contributed by atoms with Crippen molar-refractivity contribution in [3.63, 3.8) is 0 Å². The van der Waals surface area contributed by atoms with Crippen LogP contribution in [0.5, 0.6) is 0 Å². The molecule has 1 aromatic carbocycles. The third-order valence-corrected chi connectivity index (χ3v) is 4.93. The SMILES string of the molecule is O=C1C2CC=CCC2C(=O)N1n1c(Cc2ccc(Cl)cc2)n[nH]c1=O. The number of aromatic amines is 1. The standard InChI is InChI=1S/C17H15ClN4O3/c18-11-7-5-10(6-8-11)9-14-19-20-17(25)21(14)22-15(23)12-3-1-2-4-13(12)16(22)24/h1-2,5-8,12-13H,3-4,9H2,(H,20,25). The van der Waals surface area contributed by atoms with E-state index in [0.29, 0.717) is 30.1 Å². The highest BCUT2D eigenvalue weighted by atomic mass is 35.5. The minimum Gasteiger partial charge on any atom is -0.272 e. The average molecular weight is 359 g/mol. The summed E-state index contributed by atoms with van der Waals surface area (Å²) in [5.74, 6) is -1.19. The van der Waals surface area contributed by atoms with Crippen LogP contribution in [0.2, 0.25) is 5.02 Å². The predicted molar refractivity (Wildman–Crippen MR) is 90.7 cm³/mol. The number of halogens is 1. The molecule has 2 aromatic rings. The molecule has 4 rings (SSSR count). The molecule has 2 heterocycles. The molecule has 1 fully saturated rings. The summed E-state index contributed by atoms with van der Waals surface area (Å²) in [5.41, 5.74) is 0.264. The summed E-state index contributed by atoms with van der Waals surface area (Å²) in [6.45, 7) is 0. The van der Waals surface area contributed by atoms with E-state index in [9.17, 15) is 14.4 Å². The van der Waals surface area contributed by atoms with E-state index in [1.807, 2.05) is 24.3 Å². The fourth-order valence-corrected chi connectivity index (χ4v) is 3.54. The fraction of sp³-hybridized carbons (Fsp3) is 0.294. The van der Waals surface area contributed by atoms with Crippen LogP contribution < -0.4 is 10.7 Å². The van der Waals surface area contributed by atoms with E-state index >= 15 is 0 Å². The zero-order valence-corrected chi connectivity index (χ0v) is 13.9. The summed E-state index contributed by atoms with van der Waals surface area (Å²) in [5, 5.41) is 7.89. The molecular formula is C17H15ClN4O3. The van der Waals surface area contributed by atoms with Gasteiger partial charge in [0, 0.05) is 11.4 Å². The quantitative estimate of drug-likeness (QED) is 0.663. The van der Waals surface area contributed by atoms with Crippen LogP contribution in [0.15, 0.2) is 41.2 Å². The second kappa shape index (κ2) is 6.00. The minimum atomic E-state index is -0.600. The van der Waals surface area contributed by atoms with Crippen LogP contribution in [0.4, 0.5) is 0 Å². The van der Waals surface area contributed by atoms with Gasteiger partial charge in [0.1, 0.15) is 0 Å². The van der Waals surface area contributed by atoms with Crippen molar-refractivity contribution >= 4 is 23.4 Å². The van der Waals surface area contributed by atoms with Crippen molar-refractivity contribution in [3.05, 3.63) is 63.3 Å². The number of rotatable bonds is 3. The number of amides is 2.